The van der Waals surface area contributed by atoms with Crippen LogP contribution in [0.1, 0.15) is 20.9 Å². The lowest BCUT2D eigenvalue weighted by Gasteiger charge is -2.08. The molecule has 0 aliphatic heterocycles. The summed E-state index contributed by atoms with van der Waals surface area (Å²) in [6, 6.07) is 14.8. The van der Waals surface area contributed by atoms with Crippen molar-refractivity contribution in [1.82, 2.24) is 9.78 Å². The van der Waals surface area contributed by atoms with Gasteiger partial charge in [-0.1, -0.05) is 29.3 Å². The Balaban J connectivity index is 1.71. The van der Waals surface area contributed by atoms with Crippen molar-refractivity contribution in [3.63, 3.8) is 0 Å². The number of anilines is 1. The lowest BCUT2D eigenvalue weighted by molar-refractivity contribution is 0.103. The number of nitrogens with one attached hydrogen (secondary N) is 1. The Morgan fingerprint density at radius 2 is 1.85 bits per heavy atom. The van der Waals surface area contributed by atoms with E-state index in [1.165, 1.54) is 11.3 Å². The molecule has 2 aromatic heterocycles. The summed E-state index contributed by atoms with van der Waals surface area (Å²) in [7, 11) is 0. The molecule has 2 heterocycles. The van der Waals surface area contributed by atoms with Gasteiger partial charge in [0, 0.05) is 21.1 Å². The molecule has 0 unspecified atom stereocenters. The summed E-state index contributed by atoms with van der Waals surface area (Å²) in [5.74, 6) is -0.163. The van der Waals surface area contributed by atoms with E-state index in [1.807, 2.05) is 61.0 Å². The van der Waals surface area contributed by atoms with Crippen LogP contribution in [-0.4, -0.2) is 15.7 Å². The maximum Gasteiger partial charge on any atom is 0.265 e. The van der Waals surface area contributed by atoms with E-state index >= 15 is 0 Å². The molecule has 0 radical (unpaired) electrons. The molecule has 0 spiro atoms. The van der Waals surface area contributed by atoms with Gasteiger partial charge in [0.2, 0.25) is 0 Å². The van der Waals surface area contributed by atoms with Crippen LogP contribution in [-0.2, 0) is 0 Å². The van der Waals surface area contributed by atoms with Crippen LogP contribution in [0.15, 0.2) is 48.5 Å². The number of hydrogen-bond acceptors (Lipinski definition) is 3. The first-order chi connectivity index (χ1) is 12.9. The smallest absolute Gasteiger partial charge is 0.265 e. The number of aryl methyl sites for hydroxylation is 1. The van der Waals surface area contributed by atoms with Crippen molar-refractivity contribution in [2.75, 3.05) is 5.32 Å². The van der Waals surface area contributed by atoms with E-state index in [9.17, 15) is 4.79 Å². The largest absolute Gasteiger partial charge is 0.321 e. The maximum atomic E-state index is 12.8. The fraction of sp³-hybridized carbons (Fsp3) is 0.100. The number of thiophene rings is 1. The first-order valence-electron chi connectivity index (χ1n) is 8.25. The molecule has 0 aliphatic carbocycles. The minimum Gasteiger partial charge on any atom is -0.321 e. The van der Waals surface area contributed by atoms with Crippen LogP contribution in [0.4, 0.5) is 5.69 Å². The van der Waals surface area contributed by atoms with Crippen molar-refractivity contribution in [2.45, 2.75) is 13.8 Å². The Morgan fingerprint density at radius 3 is 2.59 bits per heavy atom. The summed E-state index contributed by atoms with van der Waals surface area (Å²) < 4.78 is 1.84. The second-order valence-electron chi connectivity index (χ2n) is 6.17. The van der Waals surface area contributed by atoms with Crippen LogP contribution in [0.3, 0.4) is 0 Å². The predicted molar refractivity (Wildman–Crippen MR) is 113 cm³/mol. The summed E-state index contributed by atoms with van der Waals surface area (Å²) in [6.45, 7) is 3.82. The van der Waals surface area contributed by atoms with Gasteiger partial charge < -0.3 is 5.32 Å². The average molecular weight is 416 g/mol. The highest BCUT2D eigenvalue weighted by Gasteiger charge is 2.18. The summed E-state index contributed by atoms with van der Waals surface area (Å²) >= 11 is 13.5. The Kier molecular flexibility index (Phi) is 4.68. The van der Waals surface area contributed by atoms with Crippen molar-refractivity contribution in [2.24, 2.45) is 0 Å². The molecule has 0 saturated carbocycles. The number of aromatic nitrogens is 2. The molecular weight excluding hydrogens is 401 g/mol. The lowest BCUT2D eigenvalue weighted by atomic mass is 10.2. The number of benzene rings is 2. The van der Waals surface area contributed by atoms with Gasteiger partial charge in [-0.3, -0.25) is 4.79 Å². The minimum absolute atomic E-state index is 0.163. The second kappa shape index (κ2) is 7.00. The zero-order chi connectivity index (χ0) is 19.1. The summed E-state index contributed by atoms with van der Waals surface area (Å²) in [4.78, 5) is 14.3. The fourth-order valence-electron chi connectivity index (χ4n) is 2.84. The number of carbonyl (C=O) groups excluding carboxylic acids is 1. The third-order valence-electron chi connectivity index (χ3n) is 4.36. The Morgan fingerprint density at radius 1 is 1.11 bits per heavy atom. The van der Waals surface area contributed by atoms with Crippen molar-refractivity contribution in [1.29, 1.82) is 0 Å². The van der Waals surface area contributed by atoms with E-state index in [0.29, 0.717) is 20.6 Å². The molecular formula is C20H15Cl2N3OS. The Hall–Kier alpha value is -2.34. The number of fused-ring (bicyclic) bond motifs is 1. The zero-order valence-electron chi connectivity index (χ0n) is 14.6. The van der Waals surface area contributed by atoms with Crippen LogP contribution < -0.4 is 5.32 Å². The van der Waals surface area contributed by atoms with E-state index in [4.69, 9.17) is 23.2 Å². The minimum atomic E-state index is -0.163. The van der Waals surface area contributed by atoms with E-state index in [0.717, 1.165) is 27.2 Å². The van der Waals surface area contributed by atoms with Crippen LogP contribution in [0.2, 0.25) is 10.0 Å². The normalized spacial score (nSPS) is 11.1. The third-order valence-corrected chi connectivity index (χ3v) is 6.13. The second-order valence-corrected chi connectivity index (χ2v) is 8.04. The highest BCUT2D eigenvalue weighted by molar-refractivity contribution is 7.20. The van der Waals surface area contributed by atoms with Crippen molar-refractivity contribution < 1.29 is 4.79 Å². The van der Waals surface area contributed by atoms with Gasteiger partial charge in [-0.05, 0) is 61.9 Å². The van der Waals surface area contributed by atoms with Gasteiger partial charge in [0.25, 0.3) is 5.91 Å². The molecule has 7 heteroatoms. The SMILES string of the molecule is Cc1c(Cl)cccc1NC(=O)c1cc2c(C)nn(-c3ccc(Cl)cc3)c2s1. The fourth-order valence-corrected chi connectivity index (χ4v) is 4.22. The molecule has 136 valence electrons. The molecule has 0 atom stereocenters. The standard InChI is InChI=1S/C20H15Cl2N3OS/c1-11-16(22)4-3-5-17(11)23-19(26)18-10-15-12(2)24-25(20(15)27-18)14-8-6-13(21)7-9-14/h3-10H,1-2H3,(H,23,26). The molecule has 27 heavy (non-hydrogen) atoms. The first-order valence-corrected chi connectivity index (χ1v) is 9.83. The molecule has 4 rings (SSSR count). The van der Waals surface area contributed by atoms with Gasteiger partial charge >= 0.3 is 0 Å². The van der Waals surface area contributed by atoms with Crippen LogP contribution in [0.5, 0.6) is 0 Å². The Labute approximate surface area is 170 Å². The third kappa shape index (κ3) is 3.34. The van der Waals surface area contributed by atoms with Crippen molar-refractivity contribution in [3.05, 3.63) is 74.7 Å². The van der Waals surface area contributed by atoms with Gasteiger partial charge in [0.15, 0.2) is 0 Å². The number of amides is 1. The summed E-state index contributed by atoms with van der Waals surface area (Å²) in [5.41, 5.74) is 3.32. The number of nitrogens with zero attached hydrogens (tertiary/aromatic N) is 2. The molecule has 4 aromatic rings. The zero-order valence-corrected chi connectivity index (χ0v) is 16.9. The van der Waals surface area contributed by atoms with Gasteiger partial charge in [-0.15, -0.1) is 11.3 Å². The molecule has 1 amide bonds. The number of hydrogen-bond donors (Lipinski definition) is 1. The van der Waals surface area contributed by atoms with E-state index < -0.39 is 0 Å². The van der Waals surface area contributed by atoms with E-state index in [1.54, 1.807) is 6.07 Å². The highest BCUT2D eigenvalue weighted by Crippen LogP contribution is 2.32. The first kappa shape index (κ1) is 18.0. The monoisotopic (exact) mass is 415 g/mol. The van der Waals surface area contributed by atoms with Crippen LogP contribution in [0.25, 0.3) is 15.9 Å². The van der Waals surface area contributed by atoms with Crippen LogP contribution in [0, 0.1) is 13.8 Å². The van der Waals surface area contributed by atoms with E-state index in [-0.39, 0.29) is 5.91 Å². The predicted octanol–water partition coefficient (Wildman–Crippen LogP) is 6.26. The van der Waals surface area contributed by atoms with Crippen LogP contribution >= 0.6 is 34.5 Å². The Bertz CT molecular complexity index is 1160. The topological polar surface area (TPSA) is 46.9 Å². The molecule has 4 nitrogen and oxygen atoms in total. The highest BCUT2D eigenvalue weighted by atomic mass is 35.5. The molecule has 1 N–H and O–H groups in total. The summed E-state index contributed by atoms with van der Waals surface area (Å²) in [5, 5.41) is 9.79. The van der Waals surface area contributed by atoms with Gasteiger partial charge in [-0.25, -0.2) is 4.68 Å². The van der Waals surface area contributed by atoms with Gasteiger partial charge in [-0.2, -0.15) is 5.10 Å². The molecule has 0 aliphatic rings. The summed E-state index contributed by atoms with van der Waals surface area (Å²) in [6.07, 6.45) is 0. The van der Waals surface area contributed by atoms with Crippen molar-refractivity contribution >= 4 is 56.3 Å². The number of halogens is 2. The molecule has 0 saturated heterocycles. The number of carbonyl (C=O) groups is 1. The van der Waals surface area contributed by atoms with Crippen molar-refractivity contribution in [3.8, 4) is 5.69 Å². The molecule has 2 aromatic carbocycles. The number of rotatable bonds is 3. The lowest BCUT2D eigenvalue weighted by Crippen LogP contribution is -2.11. The van der Waals surface area contributed by atoms with E-state index in [2.05, 4.69) is 10.4 Å². The van der Waals surface area contributed by atoms with Gasteiger partial charge in [0.1, 0.15) is 4.83 Å². The van der Waals surface area contributed by atoms with Gasteiger partial charge in [0.05, 0.1) is 16.3 Å². The molecule has 0 fully saturated rings. The molecule has 0 bridgehead atoms. The maximum absolute atomic E-state index is 12.8. The quantitative estimate of drug-likeness (QED) is 0.428. The average Bonchev–Trinajstić information content (AvgIpc) is 3.21.